The molecule has 0 saturated heterocycles. The van der Waals surface area contributed by atoms with Crippen molar-refractivity contribution in [2.24, 2.45) is 5.92 Å². The van der Waals surface area contributed by atoms with Gasteiger partial charge in [0.15, 0.2) is 5.13 Å². The molecule has 0 aliphatic heterocycles. The third-order valence-electron chi connectivity index (χ3n) is 2.61. The molecule has 1 saturated carbocycles. The average Bonchev–Trinajstić information content (AvgIpc) is 2.95. The zero-order valence-electron chi connectivity index (χ0n) is 8.16. The largest absolute Gasteiger partial charge is 0.361 e. The van der Waals surface area contributed by atoms with Crippen LogP contribution in [0.5, 0.6) is 0 Å². The van der Waals surface area contributed by atoms with E-state index in [-0.39, 0.29) is 0 Å². The number of hydrogen-bond donors (Lipinski definition) is 1. The van der Waals surface area contributed by atoms with E-state index in [0.29, 0.717) is 0 Å². The first-order chi connectivity index (χ1) is 7.33. The summed E-state index contributed by atoms with van der Waals surface area (Å²) in [4.78, 5) is 4.50. The predicted molar refractivity (Wildman–Crippen MR) is 65.8 cm³/mol. The monoisotopic (exact) mass is 238 g/mol. The van der Waals surface area contributed by atoms with Crippen molar-refractivity contribution in [2.75, 3.05) is 11.9 Å². The third kappa shape index (κ3) is 1.94. The first-order valence-electron chi connectivity index (χ1n) is 5.12. The number of thiazole rings is 1. The second-order valence-corrected chi connectivity index (χ2v) is 5.34. The Balaban J connectivity index is 1.88. The molecule has 1 fully saturated rings. The Morgan fingerprint density at radius 2 is 2.33 bits per heavy atom. The first-order valence-corrected chi connectivity index (χ1v) is 6.31. The van der Waals surface area contributed by atoms with E-state index in [0.717, 1.165) is 32.8 Å². The molecule has 1 aliphatic rings. The molecule has 0 radical (unpaired) electrons. The Labute approximate surface area is 97.3 Å². The molecule has 0 bridgehead atoms. The number of anilines is 1. The van der Waals surface area contributed by atoms with Gasteiger partial charge in [-0.3, -0.25) is 0 Å². The van der Waals surface area contributed by atoms with Gasteiger partial charge < -0.3 is 5.32 Å². The van der Waals surface area contributed by atoms with Crippen molar-refractivity contribution in [2.45, 2.75) is 12.8 Å². The van der Waals surface area contributed by atoms with Gasteiger partial charge in [0.2, 0.25) is 0 Å². The number of benzene rings is 1. The summed E-state index contributed by atoms with van der Waals surface area (Å²) >= 11 is 7.73. The number of hydrogen-bond acceptors (Lipinski definition) is 3. The maximum absolute atomic E-state index is 6.09. The van der Waals surface area contributed by atoms with Gasteiger partial charge in [-0.25, -0.2) is 4.98 Å². The van der Waals surface area contributed by atoms with E-state index in [2.05, 4.69) is 10.3 Å². The molecule has 0 spiro atoms. The van der Waals surface area contributed by atoms with Crippen LogP contribution in [0.4, 0.5) is 5.13 Å². The van der Waals surface area contributed by atoms with Crippen LogP contribution >= 0.6 is 22.9 Å². The maximum Gasteiger partial charge on any atom is 0.183 e. The van der Waals surface area contributed by atoms with Crippen molar-refractivity contribution in [1.82, 2.24) is 4.98 Å². The van der Waals surface area contributed by atoms with Gasteiger partial charge in [-0.1, -0.05) is 29.0 Å². The molecular formula is C11H11ClN2S. The molecule has 4 heteroatoms. The fourth-order valence-corrected chi connectivity index (χ4v) is 2.71. The van der Waals surface area contributed by atoms with Gasteiger partial charge >= 0.3 is 0 Å². The minimum absolute atomic E-state index is 0.796. The number of rotatable bonds is 3. The van der Waals surface area contributed by atoms with E-state index in [1.165, 1.54) is 12.8 Å². The molecule has 3 rings (SSSR count). The third-order valence-corrected chi connectivity index (χ3v) is 4.09. The summed E-state index contributed by atoms with van der Waals surface area (Å²) in [5, 5.41) is 5.16. The number of aromatic nitrogens is 1. The van der Waals surface area contributed by atoms with Gasteiger partial charge in [0.25, 0.3) is 0 Å². The second kappa shape index (κ2) is 3.65. The van der Waals surface area contributed by atoms with Crippen LogP contribution in [0.2, 0.25) is 5.02 Å². The molecule has 1 aliphatic carbocycles. The fourth-order valence-electron chi connectivity index (χ4n) is 1.54. The van der Waals surface area contributed by atoms with Crippen LogP contribution in [0.25, 0.3) is 10.2 Å². The molecule has 78 valence electrons. The van der Waals surface area contributed by atoms with Crippen molar-refractivity contribution in [3.63, 3.8) is 0 Å². The van der Waals surface area contributed by atoms with Crippen molar-refractivity contribution >= 4 is 38.3 Å². The van der Waals surface area contributed by atoms with Gasteiger partial charge in [0, 0.05) is 6.54 Å². The molecule has 0 atom stereocenters. The molecule has 2 aromatic rings. The van der Waals surface area contributed by atoms with Crippen LogP contribution in [0.3, 0.4) is 0 Å². The lowest BCUT2D eigenvalue weighted by Gasteiger charge is -1.97. The van der Waals surface area contributed by atoms with Crippen LogP contribution in [-0.2, 0) is 0 Å². The smallest absolute Gasteiger partial charge is 0.183 e. The molecule has 15 heavy (non-hydrogen) atoms. The van der Waals surface area contributed by atoms with Crippen LogP contribution in [-0.4, -0.2) is 11.5 Å². The number of halogens is 1. The fraction of sp³-hybridized carbons (Fsp3) is 0.364. The molecule has 1 aromatic heterocycles. The summed E-state index contributed by atoms with van der Waals surface area (Å²) in [5.74, 6) is 0.868. The highest BCUT2D eigenvalue weighted by Crippen LogP contribution is 2.33. The highest BCUT2D eigenvalue weighted by Gasteiger charge is 2.21. The summed E-state index contributed by atoms with van der Waals surface area (Å²) in [6.07, 6.45) is 2.72. The summed E-state index contributed by atoms with van der Waals surface area (Å²) in [7, 11) is 0. The highest BCUT2D eigenvalue weighted by molar-refractivity contribution is 7.22. The van der Waals surface area contributed by atoms with Crippen molar-refractivity contribution < 1.29 is 0 Å². The normalized spacial score (nSPS) is 15.8. The Morgan fingerprint density at radius 1 is 1.47 bits per heavy atom. The molecule has 2 nitrogen and oxygen atoms in total. The summed E-state index contributed by atoms with van der Waals surface area (Å²) < 4.78 is 1.08. The van der Waals surface area contributed by atoms with E-state index in [4.69, 9.17) is 11.6 Å². The number of nitrogens with one attached hydrogen (secondary N) is 1. The highest BCUT2D eigenvalue weighted by atomic mass is 35.5. The van der Waals surface area contributed by atoms with Gasteiger partial charge in [-0.15, -0.1) is 0 Å². The maximum atomic E-state index is 6.09. The Kier molecular flexibility index (Phi) is 2.29. The second-order valence-electron chi connectivity index (χ2n) is 3.93. The Morgan fingerprint density at radius 3 is 3.07 bits per heavy atom. The van der Waals surface area contributed by atoms with Gasteiger partial charge in [-0.2, -0.15) is 0 Å². The van der Waals surface area contributed by atoms with E-state index in [9.17, 15) is 0 Å². The summed E-state index contributed by atoms with van der Waals surface area (Å²) in [6, 6.07) is 5.85. The molecule has 1 heterocycles. The minimum atomic E-state index is 0.796. The van der Waals surface area contributed by atoms with Crippen molar-refractivity contribution in [3.8, 4) is 0 Å². The quantitative estimate of drug-likeness (QED) is 0.881. The average molecular weight is 239 g/mol. The Hall–Kier alpha value is -0.800. The van der Waals surface area contributed by atoms with Crippen molar-refractivity contribution in [3.05, 3.63) is 23.2 Å². The van der Waals surface area contributed by atoms with Crippen LogP contribution in [0, 0.1) is 5.92 Å². The lowest BCUT2D eigenvalue weighted by Crippen LogP contribution is -2.01. The molecule has 0 unspecified atom stereocenters. The van der Waals surface area contributed by atoms with Gasteiger partial charge in [0.1, 0.15) is 0 Å². The Bertz CT molecular complexity index is 490. The molecule has 1 N–H and O–H groups in total. The van der Waals surface area contributed by atoms with E-state index >= 15 is 0 Å². The van der Waals surface area contributed by atoms with Gasteiger partial charge in [0.05, 0.1) is 15.2 Å². The topological polar surface area (TPSA) is 24.9 Å². The zero-order valence-corrected chi connectivity index (χ0v) is 9.74. The number of nitrogens with zero attached hydrogens (tertiary/aromatic N) is 1. The van der Waals surface area contributed by atoms with Crippen molar-refractivity contribution in [1.29, 1.82) is 0 Å². The van der Waals surface area contributed by atoms with E-state index < -0.39 is 0 Å². The SMILES string of the molecule is Clc1cccc2nc(NCC3CC3)sc12. The lowest BCUT2D eigenvalue weighted by atomic mass is 10.3. The van der Waals surface area contributed by atoms with Crippen LogP contribution < -0.4 is 5.32 Å². The number of fused-ring (bicyclic) bond motifs is 1. The van der Waals surface area contributed by atoms with Crippen LogP contribution in [0.1, 0.15) is 12.8 Å². The molecule has 0 amide bonds. The standard InChI is InChI=1S/C11H11ClN2S/c12-8-2-1-3-9-10(8)15-11(14-9)13-6-7-4-5-7/h1-3,7H,4-6H2,(H,13,14). The predicted octanol–water partition coefficient (Wildman–Crippen LogP) is 3.77. The summed E-state index contributed by atoms with van der Waals surface area (Å²) in [5.41, 5.74) is 0.991. The minimum Gasteiger partial charge on any atom is -0.361 e. The van der Waals surface area contributed by atoms with E-state index in [1.54, 1.807) is 11.3 Å². The van der Waals surface area contributed by atoms with E-state index in [1.807, 2.05) is 18.2 Å². The summed E-state index contributed by atoms with van der Waals surface area (Å²) in [6.45, 7) is 1.05. The first kappa shape index (κ1) is 9.43. The zero-order chi connectivity index (χ0) is 10.3. The van der Waals surface area contributed by atoms with Gasteiger partial charge in [-0.05, 0) is 30.9 Å². The molecular weight excluding hydrogens is 228 g/mol. The molecule has 1 aromatic carbocycles. The van der Waals surface area contributed by atoms with Crippen LogP contribution in [0.15, 0.2) is 18.2 Å². The lowest BCUT2D eigenvalue weighted by molar-refractivity contribution is 0.888.